The van der Waals surface area contributed by atoms with Gasteiger partial charge in [0.1, 0.15) is 0 Å². The molecule has 0 unspecified atom stereocenters. The SMILES string of the molecule is CNC(=O)c1ccc(NS(=O)(=O)c2cc([N+](=O)[O-])ccc2C)cc1. The number of non-ortho nitro benzene ring substituents is 1. The van der Waals surface area contributed by atoms with Gasteiger partial charge in [-0.15, -0.1) is 0 Å². The number of nitrogens with one attached hydrogen (secondary N) is 2. The minimum atomic E-state index is -3.99. The van der Waals surface area contributed by atoms with E-state index in [1.807, 2.05) is 0 Å². The first kappa shape index (κ1) is 17.4. The third-order valence-corrected chi connectivity index (χ3v) is 4.82. The Hall–Kier alpha value is -2.94. The first-order chi connectivity index (χ1) is 11.2. The molecule has 0 saturated heterocycles. The number of aryl methyl sites for hydroxylation is 1. The molecule has 8 nitrogen and oxygen atoms in total. The van der Waals surface area contributed by atoms with Crippen molar-refractivity contribution in [1.82, 2.24) is 5.32 Å². The maximum absolute atomic E-state index is 12.5. The molecule has 0 saturated carbocycles. The van der Waals surface area contributed by atoms with Crippen molar-refractivity contribution in [1.29, 1.82) is 0 Å². The van der Waals surface area contributed by atoms with E-state index in [0.29, 0.717) is 11.1 Å². The summed E-state index contributed by atoms with van der Waals surface area (Å²) in [5.74, 6) is -0.293. The number of nitrogens with zero attached hydrogens (tertiary/aromatic N) is 1. The van der Waals surface area contributed by atoms with E-state index in [1.165, 1.54) is 43.4 Å². The average molecular weight is 349 g/mol. The zero-order valence-electron chi connectivity index (χ0n) is 12.9. The van der Waals surface area contributed by atoms with E-state index in [2.05, 4.69) is 10.0 Å². The third kappa shape index (κ3) is 3.69. The molecule has 0 aliphatic carbocycles. The number of sulfonamides is 1. The van der Waals surface area contributed by atoms with Crippen LogP contribution in [0.1, 0.15) is 15.9 Å². The van der Waals surface area contributed by atoms with Crippen LogP contribution >= 0.6 is 0 Å². The molecule has 0 atom stereocenters. The van der Waals surface area contributed by atoms with E-state index in [4.69, 9.17) is 0 Å². The van der Waals surface area contributed by atoms with Gasteiger partial charge in [-0.1, -0.05) is 6.07 Å². The Bertz CT molecular complexity index is 892. The summed E-state index contributed by atoms with van der Waals surface area (Å²) in [5.41, 5.74) is 0.701. The van der Waals surface area contributed by atoms with Gasteiger partial charge in [0.2, 0.25) is 0 Å². The van der Waals surface area contributed by atoms with Crippen LogP contribution in [-0.4, -0.2) is 26.3 Å². The molecule has 0 radical (unpaired) electrons. The molecule has 2 rings (SSSR count). The fourth-order valence-electron chi connectivity index (χ4n) is 2.04. The summed E-state index contributed by atoms with van der Waals surface area (Å²) < 4.78 is 27.3. The quantitative estimate of drug-likeness (QED) is 0.633. The number of benzene rings is 2. The lowest BCUT2D eigenvalue weighted by Crippen LogP contribution is -2.18. The van der Waals surface area contributed by atoms with Crippen molar-refractivity contribution >= 4 is 27.3 Å². The van der Waals surface area contributed by atoms with Crippen LogP contribution in [0, 0.1) is 17.0 Å². The molecule has 1 amide bonds. The molecule has 0 spiro atoms. The van der Waals surface area contributed by atoms with E-state index in [0.717, 1.165) is 6.07 Å². The van der Waals surface area contributed by atoms with Crippen molar-refractivity contribution in [2.24, 2.45) is 0 Å². The predicted molar refractivity (Wildman–Crippen MR) is 88.5 cm³/mol. The van der Waals surface area contributed by atoms with Crippen molar-refractivity contribution < 1.29 is 18.1 Å². The third-order valence-electron chi connectivity index (χ3n) is 3.30. The van der Waals surface area contributed by atoms with Crippen molar-refractivity contribution in [3.63, 3.8) is 0 Å². The molecule has 0 aromatic heterocycles. The summed E-state index contributed by atoms with van der Waals surface area (Å²) in [4.78, 5) is 21.5. The molecular formula is C15H15N3O5S. The van der Waals surface area contributed by atoms with Crippen LogP contribution in [0.25, 0.3) is 0 Å². The Labute approximate surface area is 138 Å². The first-order valence-electron chi connectivity index (χ1n) is 6.84. The molecule has 126 valence electrons. The molecule has 0 fully saturated rings. The van der Waals surface area contributed by atoms with Crippen molar-refractivity contribution in [3.05, 3.63) is 63.7 Å². The van der Waals surface area contributed by atoms with Crippen LogP contribution in [0.3, 0.4) is 0 Å². The Kier molecular flexibility index (Phi) is 4.84. The lowest BCUT2D eigenvalue weighted by atomic mass is 10.2. The molecule has 0 bridgehead atoms. The zero-order chi connectivity index (χ0) is 17.9. The molecule has 0 aliphatic heterocycles. The van der Waals surface area contributed by atoms with Crippen LogP contribution in [0.5, 0.6) is 0 Å². The van der Waals surface area contributed by atoms with Gasteiger partial charge in [-0.25, -0.2) is 8.42 Å². The van der Waals surface area contributed by atoms with E-state index < -0.39 is 14.9 Å². The second-order valence-electron chi connectivity index (χ2n) is 4.97. The summed E-state index contributed by atoms with van der Waals surface area (Å²) in [5, 5.41) is 13.3. The number of anilines is 1. The van der Waals surface area contributed by atoms with Crippen LogP contribution in [0.15, 0.2) is 47.4 Å². The molecule has 0 heterocycles. The van der Waals surface area contributed by atoms with Gasteiger partial charge < -0.3 is 5.32 Å². The van der Waals surface area contributed by atoms with E-state index >= 15 is 0 Å². The smallest absolute Gasteiger partial charge is 0.270 e. The second kappa shape index (κ2) is 6.67. The highest BCUT2D eigenvalue weighted by Crippen LogP contribution is 2.24. The van der Waals surface area contributed by atoms with Gasteiger partial charge in [-0.05, 0) is 36.8 Å². The van der Waals surface area contributed by atoms with Crippen LogP contribution in [-0.2, 0) is 10.0 Å². The summed E-state index contributed by atoms with van der Waals surface area (Å²) >= 11 is 0. The topological polar surface area (TPSA) is 118 Å². The Morgan fingerprint density at radius 3 is 2.29 bits per heavy atom. The number of hydrogen-bond acceptors (Lipinski definition) is 5. The Balaban J connectivity index is 2.33. The van der Waals surface area contributed by atoms with Crippen LogP contribution in [0.4, 0.5) is 11.4 Å². The minimum Gasteiger partial charge on any atom is -0.355 e. The lowest BCUT2D eigenvalue weighted by Gasteiger charge is -2.10. The molecular weight excluding hydrogens is 334 g/mol. The van der Waals surface area contributed by atoms with Gasteiger partial charge in [-0.2, -0.15) is 0 Å². The first-order valence-corrected chi connectivity index (χ1v) is 8.33. The largest absolute Gasteiger partial charge is 0.355 e. The van der Waals surface area contributed by atoms with Crippen molar-refractivity contribution in [3.8, 4) is 0 Å². The monoisotopic (exact) mass is 349 g/mol. The van der Waals surface area contributed by atoms with E-state index in [9.17, 15) is 23.3 Å². The van der Waals surface area contributed by atoms with Crippen LogP contribution < -0.4 is 10.0 Å². The summed E-state index contributed by atoms with van der Waals surface area (Å²) in [6.45, 7) is 1.55. The van der Waals surface area contributed by atoms with Gasteiger partial charge in [0.25, 0.3) is 21.6 Å². The summed E-state index contributed by atoms with van der Waals surface area (Å²) in [6.07, 6.45) is 0. The van der Waals surface area contributed by atoms with Crippen LogP contribution in [0.2, 0.25) is 0 Å². The summed E-state index contributed by atoms with van der Waals surface area (Å²) in [6, 6.07) is 9.45. The van der Waals surface area contributed by atoms with Gasteiger partial charge in [-0.3, -0.25) is 19.6 Å². The fraction of sp³-hybridized carbons (Fsp3) is 0.133. The number of amides is 1. The molecule has 9 heteroatoms. The molecule has 0 aliphatic rings. The highest BCUT2D eigenvalue weighted by molar-refractivity contribution is 7.92. The zero-order valence-corrected chi connectivity index (χ0v) is 13.8. The van der Waals surface area contributed by atoms with E-state index in [1.54, 1.807) is 6.92 Å². The van der Waals surface area contributed by atoms with Crippen molar-refractivity contribution in [2.45, 2.75) is 11.8 Å². The standard InChI is InChI=1S/C15H15N3O5S/c1-10-3-8-13(18(20)21)9-14(10)24(22,23)17-12-6-4-11(5-7-12)15(19)16-2/h3-9,17H,1-2H3,(H,16,19). The van der Waals surface area contributed by atoms with Gasteiger partial charge in [0.05, 0.1) is 9.82 Å². The maximum atomic E-state index is 12.5. The van der Waals surface area contributed by atoms with E-state index in [-0.39, 0.29) is 22.2 Å². The Morgan fingerprint density at radius 2 is 1.75 bits per heavy atom. The van der Waals surface area contributed by atoms with Gasteiger partial charge in [0, 0.05) is 30.4 Å². The van der Waals surface area contributed by atoms with Crippen molar-refractivity contribution in [2.75, 3.05) is 11.8 Å². The normalized spacial score (nSPS) is 10.9. The van der Waals surface area contributed by atoms with Gasteiger partial charge >= 0.3 is 0 Å². The number of rotatable bonds is 5. The molecule has 24 heavy (non-hydrogen) atoms. The van der Waals surface area contributed by atoms with Gasteiger partial charge in [0.15, 0.2) is 0 Å². The molecule has 2 aromatic carbocycles. The highest BCUT2D eigenvalue weighted by atomic mass is 32.2. The number of nitro benzene ring substituents is 1. The predicted octanol–water partition coefficient (Wildman–Crippen LogP) is 2.06. The maximum Gasteiger partial charge on any atom is 0.270 e. The average Bonchev–Trinajstić information content (AvgIpc) is 2.54. The molecule has 2 aromatic rings. The summed E-state index contributed by atoms with van der Waals surface area (Å²) in [7, 11) is -2.50. The minimum absolute atomic E-state index is 0.174. The number of hydrogen-bond donors (Lipinski definition) is 2. The fourth-order valence-corrected chi connectivity index (χ4v) is 3.36. The number of carbonyl (C=O) groups is 1. The molecule has 2 N–H and O–H groups in total. The lowest BCUT2D eigenvalue weighted by molar-refractivity contribution is -0.385. The number of nitro groups is 1. The highest BCUT2D eigenvalue weighted by Gasteiger charge is 2.20. The number of carbonyl (C=O) groups excluding carboxylic acids is 1. The Morgan fingerprint density at radius 1 is 1.12 bits per heavy atom. The second-order valence-corrected chi connectivity index (χ2v) is 6.62.